The van der Waals surface area contributed by atoms with Gasteiger partial charge in [0.2, 0.25) is 0 Å². The van der Waals surface area contributed by atoms with Gasteiger partial charge >= 0.3 is 5.97 Å². The van der Waals surface area contributed by atoms with E-state index in [1.165, 1.54) is 30.3 Å². The highest BCUT2D eigenvalue weighted by atomic mass is 16.4. The fourth-order valence-electron chi connectivity index (χ4n) is 2.55. The molecule has 1 aromatic carbocycles. The van der Waals surface area contributed by atoms with Gasteiger partial charge in [0.1, 0.15) is 23.2 Å². The quantitative estimate of drug-likeness (QED) is 0.641. The maximum Gasteiger partial charge on any atom is 0.335 e. The maximum absolute atomic E-state index is 12.2. The van der Waals surface area contributed by atoms with Crippen molar-refractivity contribution in [2.24, 2.45) is 5.92 Å². The van der Waals surface area contributed by atoms with Gasteiger partial charge in [0.05, 0.1) is 5.56 Å². The number of hydrogen-bond acceptors (Lipinski definition) is 4. The number of anilines is 1. The van der Waals surface area contributed by atoms with E-state index in [4.69, 9.17) is 9.52 Å². The summed E-state index contributed by atoms with van der Waals surface area (Å²) in [5, 5.41) is 20.6. The van der Waals surface area contributed by atoms with Crippen molar-refractivity contribution in [1.29, 1.82) is 5.26 Å². The normalized spacial score (nSPS) is 19.1. The summed E-state index contributed by atoms with van der Waals surface area (Å²) in [5.74, 6) is 0.741. The number of rotatable bonds is 5. The zero-order valence-electron chi connectivity index (χ0n) is 13.5. The van der Waals surface area contributed by atoms with Crippen molar-refractivity contribution in [3.8, 4) is 6.07 Å². The van der Waals surface area contributed by atoms with Crippen LogP contribution in [0.3, 0.4) is 0 Å². The Bertz CT molecular complexity index is 887. The SMILES string of the molecule is C[C@@H]1C[C@H]1c1ccc(/C=C(\C#N)C(=O)Nc2ccc(C(=O)O)cc2)o1. The van der Waals surface area contributed by atoms with Gasteiger partial charge in [-0.05, 0) is 48.7 Å². The molecule has 0 saturated heterocycles. The van der Waals surface area contributed by atoms with E-state index in [-0.39, 0.29) is 11.1 Å². The van der Waals surface area contributed by atoms with Gasteiger partial charge in [-0.1, -0.05) is 6.92 Å². The van der Waals surface area contributed by atoms with E-state index < -0.39 is 11.9 Å². The van der Waals surface area contributed by atoms with E-state index in [9.17, 15) is 14.9 Å². The minimum Gasteiger partial charge on any atom is -0.478 e. The second-order valence-electron chi connectivity index (χ2n) is 6.07. The number of furan rings is 1. The number of carbonyl (C=O) groups excluding carboxylic acids is 1. The summed E-state index contributed by atoms with van der Waals surface area (Å²) in [7, 11) is 0. The predicted molar refractivity (Wildman–Crippen MR) is 90.9 cm³/mol. The Hall–Kier alpha value is -3.33. The van der Waals surface area contributed by atoms with Gasteiger partial charge in [0.15, 0.2) is 0 Å². The molecule has 0 radical (unpaired) electrons. The zero-order valence-corrected chi connectivity index (χ0v) is 13.5. The molecule has 6 nitrogen and oxygen atoms in total. The summed E-state index contributed by atoms with van der Waals surface area (Å²) in [6.45, 7) is 2.15. The number of carbonyl (C=O) groups is 2. The van der Waals surface area contributed by atoms with Gasteiger partial charge in [-0.15, -0.1) is 0 Å². The van der Waals surface area contributed by atoms with Gasteiger partial charge in [0, 0.05) is 17.7 Å². The molecule has 1 aliphatic carbocycles. The van der Waals surface area contributed by atoms with E-state index in [0.717, 1.165) is 12.2 Å². The van der Waals surface area contributed by atoms with Gasteiger partial charge < -0.3 is 14.8 Å². The van der Waals surface area contributed by atoms with Crippen LogP contribution in [0.4, 0.5) is 5.69 Å². The van der Waals surface area contributed by atoms with Crippen molar-refractivity contribution < 1.29 is 19.1 Å². The number of carboxylic acids is 1. The van der Waals surface area contributed by atoms with Crippen LogP contribution in [0.5, 0.6) is 0 Å². The fraction of sp³-hybridized carbons (Fsp3) is 0.211. The number of amides is 1. The van der Waals surface area contributed by atoms with Crippen molar-refractivity contribution in [2.75, 3.05) is 5.32 Å². The summed E-state index contributed by atoms with van der Waals surface area (Å²) in [6, 6.07) is 11.2. The molecule has 1 aromatic heterocycles. The van der Waals surface area contributed by atoms with Gasteiger partial charge in [-0.3, -0.25) is 4.79 Å². The van der Waals surface area contributed by atoms with Crippen molar-refractivity contribution in [2.45, 2.75) is 19.3 Å². The van der Waals surface area contributed by atoms with Gasteiger partial charge in [-0.25, -0.2) is 4.79 Å². The highest BCUT2D eigenvalue weighted by molar-refractivity contribution is 6.09. The lowest BCUT2D eigenvalue weighted by molar-refractivity contribution is -0.112. The number of nitrogens with zero attached hydrogens (tertiary/aromatic N) is 1. The van der Waals surface area contributed by atoms with E-state index in [2.05, 4.69) is 12.2 Å². The molecule has 0 unspecified atom stereocenters. The fourth-order valence-corrected chi connectivity index (χ4v) is 2.55. The number of aromatic carboxylic acids is 1. The second kappa shape index (κ2) is 6.65. The summed E-state index contributed by atoms with van der Waals surface area (Å²) in [5.41, 5.74) is 0.432. The van der Waals surface area contributed by atoms with E-state index in [1.807, 2.05) is 12.1 Å². The first-order valence-electron chi connectivity index (χ1n) is 7.84. The lowest BCUT2D eigenvalue weighted by Crippen LogP contribution is -2.13. The lowest BCUT2D eigenvalue weighted by Gasteiger charge is -2.04. The lowest BCUT2D eigenvalue weighted by atomic mass is 10.2. The topological polar surface area (TPSA) is 103 Å². The third-order valence-corrected chi connectivity index (χ3v) is 4.16. The second-order valence-corrected chi connectivity index (χ2v) is 6.07. The maximum atomic E-state index is 12.2. The number of carboxylic acid groups (broad SMARTS) is 1. The van der Waals surface area contributed by atoms with Crippen LogP contribution < -0.4 is 5.32 Å². The molecular formula is C19H16N2O4. The van der Waals surface area contributed by atoms with Crippen molar-refractivity contribution in [3.05, 3.63) is 59.1 Å². The van der Waals surface area contributed by atoms with Crippen LogP contribution in [0.25, 0.3) is 6.08 Å². The Balaban J connectivity index is 1.71. The monoisotopic (exact) mass is 336 g/mol. The zero-order chi connectivity index (χ0) is 18.0. The summed E-state index contributed by atoms with van der Waals surface area (Å²) >= 11 is 0. The van der Waals surface area contributed by atoms with Gasteiger partial charge in [0.25, 0.3) is 5.91 Å². The standard InChI is InChI=1S/C19H16N2O4/c1-11-8-16(11)17-7-6-15(25-17)9-13(10-20)18(22)21-14-4-2-12(3-5-14)19(23)24/h2-7,9,11,16H,8H2,1H3,(H,21,22)(H,23,24)/b13-9+/t11-,16-/m1/s1. The van der Waals surface area contributed by atoms with E-state index >= 15 is 0 Å². The van der Waals surface area contributed by atoms with Crippen LogP contribution in [-0.2, 0) is 4.79 Å². The van der Waals surface area contributed by atoms with Crippen LogP contribution in [0.1, 0.15) is 41.1 Å². The van der Waals surface area contributed by atoms with Crippen LogP contribution >= 0.6 is 0 Å². The Morgan fingerprint density at radius 1 is 1.28 bits per heavy atom. The highest BCUT2D eigenvalue weighted by Crippen LogP contribution is 2.47. The Labute approximate surface area is 144 Å². The first-order valence-corrected chi connectivity index (χ1v) is 7.84. The molecule has 0 bridgehead atoms. The Morgan fingerprint density at radius 2 is 1.96 bits per heavy atom. The van der Waals surface area contributed by atoms with E-state index in [1.54, 1.807) is 6.07 Å². The van der Waals surface area contributed by atoms with Crippen LogP contribution in [0.2, 0.25) is 0 Å². The summed E-state index contributed by atoms with van der Waals surface area (Å²) < 4.78 is 5.68. The smallest absolute Gasteiger partial charge is 0.335 e. The van der Waals surface area contributed by atoms with E-state index in [0.29, 0.717) is 23.3 Å². The highest BCUT2D eigenvalue weighted by Gasteiger charge is 2.36. The number of nitrogens with one attached hydrogen (secondary N) is 1. The minimum absolute atomic E-state index is 0.0907. The average Bonchev–Trinajstić information content (AvgIpc) is 3.14. The third-order valence-electron chi connectivity index (χ3n) is 4.16. The minimum atomic E-state index is -1.05. The molecule has 6 heteroatoms. The Morgan fingerprint density at radius 3 is 2.52 bits per heavy atom. The number of benzene rings is 1. The first-order chi connectivity index (χ1) is 12.0. The molecule has 1 fully saturated rings. The first kappa shape index (κ1) is 16.5. The summed E-state index contributed by atoms with van der Waals surface area (Å²) in [6.07, 6.45) is 2.49. The van der Waals surface area contributed by atoms with Crippen molar-refractivity contribution in [1.82, 2.24) is 0 Å². The molecule has 3 rings (SSSR count). The van der Waals surface area contributed by atoms with Crippen LogP contribution in [0, 0.1) is 17.2 Å². The molecular weight excluding hydrogens is 320 g/mol. The molecule has 1 saturated carbocycles. The molecule has 2 N–H and O–H groups in total. The van der Waals surface area contributed by atoms with Crippen LogP contribution in [0.15, 0.2) is 46.4 Å². The largest absolute Gasteiger partial charge is 0.478 e. The molecule has 1 heterocycles. The molecule has 1 amide bonds. The molecule has 126 valence electrons. The molecule has 1 aliphatic rings. The predicted octanol–water partition coefficient (Wildman–Crippen LogP) is 3.65. The van der Waals surface area contributed by atoms with Crippen LogP contribution in [-0.4, -0.2) is 17.0 Å². The third kappa shape index (κ3) is 3.78. The number of nitriles is 1. The summed E-state index contributed by atoms with van der Waals surface area (Å²) in [4.78, 5) is 23.0. The number of hydrogen-bond donors (Lipinski definition) is 2. The molecule has 0 spiro atoms. The van der Waals surface area contributed by atoms with Crippen molar-refractivity contribution in [3.63, 3.8) is 0 Å². The molecule has 2 aromatic rings. The molecule has 0 aliphatic heterocycles. The van der Waals surface area contributed by atoms with Crippen molar-refractivity contribution >= 4 is 23.6 Å². The Kier molecular flexibility index (Phi) is 4.40. The molecule has 25 heavy (non-hydrogen) atoms. The average molecular weight is 336 g/mol. The van der Waals surface area contributed by atoms with Gasteiger partial charge in [-0.2, -0.15) is 5.26 Å². The molecule has 2 atom stereocenters.